The van der Waals surface area contributed by atoms with Crippen molar-refractivity contribution in [1.29, 1.82) is 0 Å². The molecule has 5 rings (SSSR count). The molecule has 1 aromatic carbocycles. The van der Waals surface area contributed by atoms with Crippen molar-refractivity contribution in [3.63, 3.8) is 0 Å². The van der Waals surface area contributed by atoms with Gasteiger partial charge in [0.05, 0.1) is 35.2 Å². The normalized spacial score (nSPS) is 13.5. The average molecular weight is 550 g/mol. The Morgan fingerprint density at radius 3 is 2.64 bits per heavy atom. The summed E-state index contributed by atoms with van der Waals surface area (Å²) in [6.07, 6.45) is 2.87. The molecule has 0 radical (unpaired) electrons. The predicted octanol–water partition coefficient (Wildman–Crippen LogP) is 5.84. The predicted molar refractivity (Wildman–Crippen MR) is 149 cm³/mol. The number of aliphatic hydroxyl groups is 1. The fourth-order valence-electron chi connectivity index (χ4n) is 4.89. The molecule has 0 aliphatic carbocycles. The summed E-state index contributed by atoms with van der Waals surface area (Å²) in [6, 6.07) is 7.33. The Balaban J connectivity index is 1.59. The number of benzene rings is 1. The van der Waals surface area contributed by atoms with Crippen LogP contribution in [-0.4, -0.2) is 45.0 Å². The van der Waals surface area contributed by atoms with Crippen molar-refractivity contribution in [3.05, 3.63) is 63.6 Å². The maximum atomic E-state index is 10.1. The largest absolute Gasteiger partial charge is 0.491 e. The summed E-state index contributed by atoms with van der Waals surface area (Å²) in [5.41, 5.74) is 6.12. The van der Waals surface area contributed by atoms with Crippen molar-refractivity contribution in [1.82, 2.24) is 20.1 Å². The fraction of sp³-hybridized carbons (Fsp3) is 0.379. The highest BCUT2D eigenvalue weighted by atomic mass is 35.5. The highest BCUT2D eigenvalue weighted by Crippen LogP contribution is 2.39. The maximum Gasteiger partial charge on any atom is 0.213 e. The number of aliphatic hydroxyl groups excluding tert-OH is 1. The second-order valence-corrected chi connectivity index (χ2v) is 10.2. The van der Waals surface area contributed by atoms with Crippen LogP contribution in [0.5, 0.6) is 11.6 Å². The summed E-state index contributed by atoms with van der Waals surface area (Å²) in [5.74, 6) is 3.09. The first-order valence-corrected chi connectivity index (χ1v) is 13.4. The number of halogens is 1. The van der Waals surface area contributed by atoms with Gasteiger partial charge in [0.1, 0.15) is 23.9 Å². The molecular weight excluding hydrogens is 518 g/mol. The van der Waals surface area contributed by atoms with Gasteiger partial charge in [0.25, 0.3) is 0 Å². The SMILES string of the molecule is CCC[C@@H](O)COc1ccc(Cl)c(-c2nc(-c3c(C)noc3C)c(C)c(N3Cc4cnc(OC)cc4C3)n2)c1. The lowest BCUT2D eigenvalue weighted by atomic mass is 10.0. The van der Waals surface area contributed by atoms with Crippen LogP contribution in [-0.2, 0) is 13.1 Å². The van der Waals surface area contributed by atoms with Crippen LogP contribution < -0.4 is 14.4 Å². The zero-order valence-corrected chi connectivity index (χ0v) is 23.5. The van der Waals surface area contributed by atoms with Gasteiger partial charge in [-0.2, -0.15) is 0 Å². The van der Waals surface area contributed by atoms with Crippen molar-refractivity contribution in [2.24, 2.45) is 0 Å². The first-order chi connectivity index (χ1) is 18.8. The highest BCUT2D eigenvalue weighted by Gasteiger charge is 2.27. The molecule has 0 amide bonds. The zero-order chi connectivity index (χ0) is 27.7. The molecule has 0 bridgehead atoms. The van der Waals surface area contributed by atoms with Gasteiger partial charge in [-0.05, 0) is 56.5 Å². The van der Waals surface area contributed by atoms with Crippen LogP contribution in [0.4, 0.5) is 5.82 Å². The van der Waals surface area contributed by atoms with E-state index < -0.39 is 6.10 Å². The molecule has 1 aliphatic heterocycles. The van der Waals surface area contributed by atoms with Crippen LogP contribution >= 0.6 is 11.6 Å². The number of nitrogens with zero attached hydrogens (tertiary/aromatic N) is 5. The molecule has 9 nitrogen and oxygen atoms in total. The number of hydrogen-bond acceptors (Lipinski definition) is 9. The van der Waals surface area contributed by atoms with Crippen LogP contribution in [0.25, 0.3) is 22.6 Å². The summed E-state index contributed by atoms with van der Waals surface area (Å²) >= 11 is 6.69. The Labute approximate surface area is 232 Å². The molecule has 10 heteroatoms. The molecule has 0 saturated carbocycles. The number of ether oxygens (including phenoxy) is 2. The van der Waals surface area contributed by atoms with Gasteiger partial charge in [0.15, 0.2) is 5.82 Å². The van der Waals surface area contributed by atoms with Gasteiger partial charge in [0.2, 0.25) is 5.88 Å². The van der Waals surface area contributed by atoms with Crippen molar-refractivity contribution >= 4 is 17.4 Å². The van der Waals surface area contributed by atoms with Crippen LogP contribution in [0, 0.1) is 20.8 Å². The van der Waals surface area contributed by atoms with E-state index in [1.165, 1.54) is 0 Å². The Morgan fingerprint density at radius 1 is 1.13 bits per heavy atom. The van der Waals surface area contributed by atoms with E-state index in [9.17, 15) is 5.11 Å². The van der Waals surface area contributed by atoms with E-state index in [4.69, 9.17) is 35.6 Å². The quantitative estimate of drug-likeness (QED) is 0.275. The van der Waals surface area contributed by atoms with Gasteiger partial charge >= 0.3 is 0 Å². The number of hydrogen-bond donors (Lipinski definition) is 1. The Bertz CT molecular complexity index is 1490. The molecule has 0 fully saturated rings. The number of pyridine rings is 1. The minimum atomic E-state index is -0.535. The van der Waals surface area contributed by atoms with Gasteiger partial charge in [-0.3, -0.25) is 0 Å². The van der Waals surface area contributed by atoms with E-state index in [0.717, 1.165) is 45.9 Å². The lowest BCUT2D eigenvalue weighted by Crippen LogP contribution is -2.19. The topological polar surface area (TPSA) is 107 Å². The van der Waals surface area contributed by atoms with Crippen molar-refractivity contribution in [3.8, 4) is 34.3 Å². The van der Waals surface area contributed by atoms with Crippen LogP contribution in [0.2, 0.25) is 5.02 Å². The lowest BCUT2D eigenvalue weighted by Gasteiger charge is -2.22. The first-order valence-electron chi connectivity index (χ1n) is 13.0. The third-order valence-corrected chi connectivity index (χ3v) is 7.25. The Morgan fingerprint density at radius 2 is 1.92 bits per heavy atom. The summed E-state index contributed by atoms with van der Waals surface area (Å²) < 4.78 is 16.7. The molecule has 3 aromatic heterocycles. The molecule has 0 unspecified atom stereocenters. The Hall–Kier alpha value is -3.69. The van der Waals surface area contributed by atoms with Gasteiger partial charge in [-0.25, -0.2) is 15.0 Å². The summed E-state index contributed by atoms with van der Waals surface area (Å²) in [5, 5.41) is 14.8. The smallest absolute Gasteiger partial charge is 0.213 e. The summed E-state index contributed by atoms with van der Waals surface area (Å²) in [7, 11) is 1.62. The van der Waals surface area contributed by atoms with Crippen molar-refractivity contribution in [2.75, 3.05) is 18.6 Å². The van der Waals surface area contributed by atoms with E-state index in [-0.39, 0.29) is 6.61 Å². The van der Waals surface area contributed by atoms with E-state index in [1.807, 2.05) is 46.0 Å². The molecule has 204 valence electrons. The van der Waals surface area contributed by atoms with Crippen molar-refractivity contribution in [2.45, 2.75) is 59.7 Å². The van der Waals surface area contributed by atoms with Gasteiger partial charge in [-0.1, -0.05) is 30.1 Å². The molecule has 39 heavy (non-hydrogen) atoms. The summed E-state index contributed by atoms with van der Waals surface area (Å²) in [4.78, 5) is 16.6. The minimum absolute atomic E-state index is 0.197. The highest BCUT2D eigenvalue weighted by molar-refractivity contribution is 6.33. The van der Waals surface area contributed by atoms with E-state index in [0.29, 0.717) is 53.3 Å². The standard InChI is InChI=1S/C29H32ClN5O4/c1-6-7-21(36)15-38-22-8-9-24(30)23(11-22)28-32-27(26-17(3)34-39-18(26)4)16(2)29(33-28)35-13-19-10-25(37-5)31-12-20(19)14-35/h8-12,21,36H,6-7,13-15H2,1-5H3/t21-/m1/s1. The first kappa shape index (κ1) is 26.9. The van der Waals surface area contributed by atoms with Crippen molar-refractivity contribution < 1.29 is 19.1 Å². The van der Waals surface area contributed by atoms with E-state index >= 15 is 0 Å². The van der Waals surface area contributed by atoms with Gasteiger partial charge < -0.3 is 24.0 Å². The minimum Gasteiger partial charge on any atom is -0.491 e. The monoisotopic (exact) mass is 549 g/mol. The number of aryl methyl sites for hydroxylation is 2. The second-order valence-electron chi connectivity index (χ2n) is 9.79. The average Bonchev–Trinajstić information content (AvgIpc) is 3.50. The molecule has 4 aromatic rings. The number of methoxy groups -OCH3 is 1. The molecule has 1 atom stereocenters. The van der Waals surface area contributed by atoms with Gasteiger partial charge in [-0.15, -0.1) is 0 Å². The third-order valence-electron chi connectivity index (χ3n) is 6.92. The third kappa shape index (κ3) is 5.42. The molecule has 4 heterocycles. The molecule has 0 saturated heterocycles. The molecular formula is C29H32ClN5O4. The van der Waals surface area contributed by atoms with Crippen LogP contribution in [0.3, 0.4) is 0 Å². The number of aromatic nitrogens is 4. The van der Waals surface area contributed by atoms with E-state index in [2.05, 4.69) is 15.0 Å². The number of anilines is 1. The lowest BCUT2D eigenvalue weighted by molar-refractivity contribution is 0.0994. The Kier molecular flexibility index (Phi) is 7.72. The van der Waals surface area contributed by atoms with E-state index in [1.54, 1.807) is 19.2 Å². The zero-order valence-electron chi connectivity index (χ0n) is 22.8. The van der Waals surface area contributed by atoms with Gasteiger partial charge in [0, 0.05) is 36.5 Å². The molecule has 1 N–H and O–H groups in total. The van der Waals surface area contributed by atoms with Crippen LogP contribution in [0.1, 0.15) is 47.9 Å². The maximum absolute atomic E-state index is 10.1. The number of rotatable bonds is 9. The van der Waals surface area contributed by atoms with Crippen LogP contribution in [0.15, 0.2) is 35.0 Å². The number of fused-ring (bicyclic) bond motifs is 1. The fourth-order valence-corrected chi connectivity index (χ4v) is 5.10. The second kappa shape index (κ2) is 11.2. The summed E-state index contributed by atoms with van der Waals surface area (Å²) in [6.45, 7) is 9.32. The molecule has 0 spiro atoms. The molecule has 1 aliphatic rings.